The van der Waals surface area contributed by atoms with Crippen LogP contribution in [0.2, 0.25) is 0 Å². The number of sulfonamides is 1. The van der Waals surface area contributed by atoms with Gasteiger partial charge in [-0.25, -0.2) is 8.42 Å². The van der Waals surface area contributed by atoms with Crippen LogP contribution in [-0.2, 0) is 10.0 Å². The lowest BCUT2D eigenvalue weighted by Gasteiger charge is -2.17. The second-order valence-electron chi connectivity index (χ2n) is 5.81. The molecule has 1 saturated heterocycles. The average Bonchev–Trinajstić information content (AvgIpc) is 2.95. The minimum atomic E-state index is -3.39. The van der Waals surface area contributed by atoms with Crippen molar-refractivity contribution in [2.75, 3.05) is 26.7 Å². The molecule has 0 bridgehead atoms. The number of nitrogens with zero attached hydrogens (tertiary/aromatic N) is 1. The van der Waals surface area contributed by atoms with Crippen molar-refractivity contribution in [1.82, 2.24) is 9.62 Å². The van der Waals surface area contributed by atoms with Crippen LogP contribution in [0.1, 0.15) is 20.3 Å². The van der Waals surface area contributed by atoms with Crippen molar-refractivity contribution < 1.29 is 13.2 Å². The van der Waals surface area contributed by atoms with E-state index in [4.69, 9.17) is 4.74 Å². The molecule has 0 aromatic heterocycles. The van der Waals surface area contributed by atoms with E-state index in [0.29, 0.717) is 36.3 Å². The fourth-order valence-corrected chi connectivity index (χ4v) is 3.80. The van der Waals surface area contributed by atoms with Crippen molar-refractivity contribution in [3.05, 3.63) is 24.3 Å². The quantitative estimate of drug-likeness (QED) is 0.869. The number of rotatable bonds is 6. The summed E-state index contributed by atoms with van der Waals surface area (Å²) in [5.74, 6) is 1.15. The van der Waals surface area contributed by atoms with Gasteiger partial charge in [-0.05, 0) is 43.7 Å². The van der Waals surface area contributed by atoms with E-state index < -0.39 is 10.0 Å². The first kappa shape index (κ1) is 16.3. The Labute approximate surface area is 127 Å². The maximum atomic E-state index is 12.5. The first-order chi connectivity index (χ1) is 9.93. The van der Waals surface area contributed by atoms with Crippen LogP contribution in [0.4, 0.5) is 0 Å². The smallest absolute Gasteiger partial charge is 0.243 e. The summed E-state index contributed by atoms with van der Waals surface area (Å²) in [4.78, 5) is 0.330. The van der Waals surface area contributed by atoms with Crippen molar-refractivity contribution >= 4 is 10.0 Å². The zero-order valence-corrected chi connectivity index (χ0v) is 13.7. The van der Waals surface area contributed by atoms with Gasteiger partial charge in [0.2, 0.25) is 10.0 Å². The molecule has 1 heterocycles. The minimum absolute atomic E-state index is 0.244. The SMILES string of the molecule is CNC1CCN(S(=O)(=O)c2ccc(OCC(C)C)cc2)C1. The Bertz CT molecular complexity index is 555. The van der Waals surface area contributed by atoms with Crippen LogP contribution in [0.3, 0.4) is 0 Å². The molecule has 2 rings (SSSR count). The van der Waals surface area contributed by atoms with Gasteiger partial charge in [-0.2, -0.15) is 4.31 Å². The molecule has 21 heavy (non-hydrogen) atoms. The zero-order chi connectivity index (χ0) is 15.5. The molecule has 1 aliphatic rings. The molecule has 6 heteroatoms. The Morgan fingerprint density at radius 2 is 2.00 bits per heavy atom. The largest absolute Gasteiger partial charge is 0.493 e. The maximum Gasteiger partial charge on any atom is 0.243 e. The second kappa shape index (κ2) is 6.77. The highest BCUT2D eigenvalue weighted by Crippen LogP contribution is 2.23. The van der Waals surface area contributed by atoms with Gasteiger partial charge < -0.3 is 10.1 Å². The monoisotopic (exact) mass is 312 g/mol. The molecule has 0 spiro atoms. The number of nitrogens with one attached hydrogen (secondary N) is 1. The van der Waals surface area contributed by atoms with E-state index in [0.717, 1.165) is 6.42 Å². The van der Waals surface area contributed by atoms with Gasteiger partial charge in [0.1, 0.15) is 5.75 Å². The Morgan fingerprint density at radius 3 is 2.52 bits per heavy atom. The maximum absolute atomic E-state index is 12.5. The Morgan fingerprint density at radius 1 is 1.33 bits per heavy atom. The lowest BCUT2D eigenvalue weighted by atomic mass is 10.2. The van der Waals surface area contributed by atoms with Crippen molar-refractivity contribution in [3.63, 3.8) is 0 Å². The van der Waals surface area contributed by atoms with Crippen molar-refractivity contribution in [2.45, 2.75) is 31.2 Å². The molecule has 0 aliphatic carbocycles. The molecule has 0 saturated carbocycles. The third kappa shape index (κ3) is 3.96. The predicted octanol–water partition coefficient (Wildman–Crippen LogP) is 1.70. The molecule has 5 nitrogen and oxygen atoms in total. The molecular weight excluding hydrogens is 288 g/mol. The minimum Gasteiger partial charge on any atom is -0.493 e. The molecule has 1 aliphatic heterocycles. The number of hydrogen-bond acceptors (Lipinski definition) is 4. The lowest BCUT2D eigenvalue weighted by Crippen LogP contribution is -2.33. The molecule has 0 amide bonds. The number of likely N-dealkylation sites (N-methyl/N-ethyl adjacent to an activating group) is 1. The summed E-state index contributed by atoms with van der Waals surface area (Å²) in [5, 5.41) is 3.13. The van der Waals surface area contributed by atoms with Gasteiger partial charge in [0.25, 0.3) is 0 Å². The van der Waals surface area contributed by atoms with Crippen LogP contribution in [0.25, 0.3) is 0 Å². The van der Waals surface area contributed by atoms with Crippen LogP contribution < -0.4 is 10.1 Å². The van der Waals surface area contributed by atoms with Crippen LogP contribution in [0, 0.1) is 5.92 Å². The summed E-state index contributed by atoms with van der Waals surface area (Å²) >= 11 is 0. The van der Waals surface area contributed by atoms with Crippen molar-refractivity contribution in [3.8, 4) is 5.75 Å². The molecule has 1 N–H and O–H groups in total. The number of benzene rings is 1. The topological polar surface area (TPSA) is 58.6 Å². The predicted molar refractivity (Wildman–Crippen MR) is 83.0 cm³/mol. The summed E-state index contributed by atoms with van der Waals surface area (Å²) in [6.07, 6.45) is 0.852. The molecule has 1 fully saturated rings. The molecule has 118 valence electrons. The lowest BCUT2D eigenvalue weighted by molar-refractivity contribution is 0.271. The van der Waals surface area contributed by atoms with E-state index in [1.165, 1.54) is 4.31 Å². The van der Waals surface area contributed by atoms with Gasteiger partial charge in [0, 0.05) is 19.1 Å². The summed E-state index contributed by atoms with van der Waals surface area (Å²) in [6, 6.07) is 6.94. The van der Waals surface area contributed by atoms with Gasteiger partial charge in [0.15, 0.2) is 0 Å². The number of hydrogen-bond donors (Lipinski definition) is 1. The van der Waals surface area contributed by atoms with Crippen LogP contribution in [0.15, 0.2) is 29.2 Å². The first-order valence-corrected chi connectivity index (χ1v) is 8.77. The van der Waals surface area contributed by atoms with Crippen LogP contribution in [0.5, 0.6) is 5.75 Å². The highest BCUT2D eigenvalue weighted by atomic mass is 32.2. The molecular formula is C15H24N2O3S. The van der Waals surface area contributed by atoms with Crippen molar-refractivity contribution in [2.24, 2.45) is 5.92 Å². The van der Waals surface area contributed by atoms with Gasteiger partial charge >= 0.3 is 0 Å². The highest BCUT2D eigenvalue weighted by Gasteiger charge is 2.31. The standard InChI is InChI=1S/C15H24N2O3S/c1-12(2)11-20-14-4-6-15(7-5-14)21(18,19)17-9-8-13(10-17)16-3/h4-7,12-13,16H,8-11H2,1-3H3. The average molecular weight is 312 g/mol. The summed E-state index contributed by atoms with van der Waals surface area (Å²) < 4.78 is 32.2. The number of ether oxygens (including phenoxy) is 1. The summed E-state index contributed by atoms with van der Waals surface area (Å²) in [5.41, 5.74) is 0. The second-order valence-corrected chi connectivity index (χ2v) is 7.75. The Balaban J connectivity index is 2.07. The van der Waals surface area contributed by atoms with E-state index >= 15 is 0 Å². The van der Waals surface area contributed by atoms with Crippen LogP contribution >= 0.6 is 0 Å². The van der Waals surface area contributed by atoms with E-state index in [-0.39, 0.29) is 6.04 Å². The normalized spacial score (nSPS) is 20.1. The molecule has 1 unspecified atom stereocenters. The van der Waals surface area contributed by atoms with E-state index in [2.05, 4.69) is 19.2 Å². The molecule has 1 atom stereocenters. The highest BCUT2D eigenvalue weighted by molar-refractivity contribution is 7.89. The van der Waals surface area contributed by atoms with Crippen molar-refractivity contribution in [1.29, 1.82) is 0 Å². The third-order valence-corrected chi connectivity index (χ3v) is 5.48. The fourth-order valence-electron chi connectivity index (χ4n) is 2.30. The molecule has 0 radical (unpaired) electrons. The Hall–Kier alpha value is -1.11. The fraction of sp³-hybridized carbons (Fsp3) is 0.600. The molecule has 1 aromatic rings. The summed E-state index contributed by atoms with van der Waals surface area (Å²) in [6.45, 7) is 5.88. The Kier molecular flexibility index (Phi) is 5.24. The van der Waals surface area contributed by atoms with E-state index in [1.807, 2.05) is 7.05 Å². The van der Waals surface area contributed by atoms with Gasteiger partial charge in [-0.15, -0.1) is 0 Å². The van der Waals surface area contributed by atoms with Gasteiger partial charge in [-0.1, -0.05) is 13.8 Å². The zero-order valence-electron chi connectivity index (χ0n) is 12.9. The van der Waals surface area contributed by atoms with E-state index in [1.54, 1.807) is 24.3 Å². The van der Waals surface area contributed by atoms with E-state index in [9.17, 15) is 8.42 Å². The third-order valence-electron chi connectivity index (χ3n) is 3.60. The molecule has 1 aromatic carbocycles. The van der Waals surface area contributed by atoms with Gasteiger partial charge in [-0.3, -0.25) is 0 Å². The summed E-state index contributed by atoms with van der Waals surface area (Å²) in [7, 11) is -1.53. The van der Waals surface area contributed by atoms with Gasteiger partial charge in [0.05, 0.1) is 11.5 Å². The van der Waals surface area contributed by atoms with Crippen LogP contribution in [-0.4, -0.2) is 45.5 Å². The first-order valence-electron chi connectivity index (χ1n) is 7.33.